The monoisotopic (exact) mass is 328 g/mol. The van der Waals surface area contributed by atoms with E-state index in [4.69, 9.17) is 15.6 Å². The molecule has 0 saturated carbocycles. The Morgan fingerprint density at radius 2 is 2.00 bits per heavy atom. The molecule has 3 N–H and O–H groups in total. The van der Waals surface area contributed by atoms with Crippen LogP contribution >= 0.6 is 12.4 Å². The van der Waals surface area contributed by atoms with Crippen molar-refractivity contribution in [3.8, 4) is 0 Å². The summed E-state index contributed by atoms with van der Waals surface area (Å²) in [4.78, 5) is 24.7. The molecule has 1 amide bonds. The Bertz CT molecular complexity index is 498. The standard InChI is InChI=1S/C15H20N2O4.ClH/c16-13(14(18)19)12-8-4-5-9-17(12)15(20)21-10-11-6-2-1-3-7-11;/h1-3,6-7,12-13H,4-5,8-10,16H2,(H,18,19);1H. The van der Waals surface area contributed by atoms with Crippen molar-refractivity contribution in [2.24, 2.45) is 5.73 Å². The van der Waals surface area contributed by atoms with Crippen LogP contribution in [0.15, 0.2) is 30.3 Å². The summed E-state index contributed by atoms with van der Waals surface area (Å²) in [5.41, 5.74) is 6.57. The van der Waals surface area contributed by atoms with E-state index in [2.05, 4.69) is 0 Å². The number of hydrogen-bond donors (Lipinski definition) is 2. The lowest BCUT2D eigenvalue weighted by Gasteiger charge is -2.36. The van der Waals surface area contributed by atoms with Crippen LogP contribution in [0.4, 0.5) is 4.79 Å². The van der Waals surface area contributed by atoms with Crippen molar-refractivity contribution in [1.29, 1.82) is 0 Å². The zero-order valence-electron chi connectivity index (χ0n) is 12.2. The van der Waals surface area contributed by atoms with Crippen molar-refractivity contribution in [2.75, 3.05) is 6.54 Å². The van der Waals surface area contributed by atoms with Gasteiger partial charge in [0, 0.05) is 6.54 Å². The summed E-state index contributed by atoms with van der Waals surface area (Å²) < 4.78 is 5.27. The normalized spacial score (nSPS) is 19.0. The molecule has 2 unspecified atom stereocenters. The number of ether oxygens (including phenoxy) is 1. The number of nitrogens with two attached hydrogens (primary N) is 1. The Kier molecular flexibility index (Phi) is 7.14. The number of hydrogen-bond acceptors (Lipinski definition) is 4. The number of nitrogens with zero attached hydrogens (tertiary/aromatic N) is 1. The lowest BCUT2D eigenvalue weighted by atomic mass is 9.96. The molecule has 2 atom stereocenters. The van der Waals surface area contributed by atoms with Crippen LogP contribution < -0.4 is 5.73 Å². The fourth-order valence-electron chi connectivity index (χ4n) is 2.52. The van der Waals surface area contributed by atoms with Gasteiger partial charge in [-0.1, -0.05) is 30.3 Å². The largest absolute Gasteiger partial charge is 0.480 e. The Morgan fingerprint density at radius 3 is 2.64 bits per heavy atom. The van der Waals surface area contributed by atoms with Crippen molar-refractivity contribution in [2.45, 2.75) is 38.0 Å². The lowest BCUT2D eigenvalue weighted by Crippen LogP contribution is -2.55. The topological polar surface area (TPSA) is 92.9 Å². The predicted octanol–water partition coefficient (Wildman–Crippen LogP) is 2.01. The third kappa shape index (κ3) is 4.61. The molecule has 7 heteroatoms. The van der Waals surface area contributed by atoms with Gasteiger partial charge < -0.3 is 20.5 Å². The van der Waals surface area contributed by atoms with Crippen molar-refractivity contribution in [3.63, 3.8) is 0 Å². The van der Waals surface area contributed by atoms with Crippen LogP contribution in [0.25, 0.3) is 0 Å². The molecule has 1 aromatic carbocycles. The second-order valence-corrected chi connectivity index (χ2v) is 5.16. The van der Waals surface area contributed by atoms with Gasteiger partial charge >= 0.3 is 12.1 Å². The maximum absolute atomic E-state index is 12.2. The quantitative estimate of drug-likeness (QED) is 0.882. The first-order chi connectivity index (χ1) is 10.1. The molecule has 1 aliphatic heterocycles. The highest BCUT2D eigenvalue weighted by Crippen LogP contribution is 2.20. The van der Waals surface area contributed by atoms with Crippen LogP contribution in [0.2, 0.25) is 0 Å². The van der Waals surface area contributed by atoms with Crippen LogP contribution in [0.5, 0.6) is 0 Å². The number of carbonyl (C=O) groups excluding carboxylic acids is 1. The van der Waals surface area contributed by atoms with Crippen LogP contribution in [0, 0.1) is 0 Å². The summed E-state index contributed by atoms with van der Waals surface area (Å²) in [7, 11) is 0. The Labute approximate surface area is 135 Å². The van der Waals surface area contributed by atoms with Gasteiger partial charge in [-0.05, 0) is 24.8 Å². The maximum Gasteiger partial charge on any atom is 0.410 e. The van der Waals surface area contributed by atoms with Gasteiger partial charge in [-0.15, -0.1) is 12.4 Å². The predicted molar refractivity (Wildman–Crippen MR) is 83.8 cm³/mol. The average Bonchev–Trinajstić information content (AvgIpc) is 2.52. The van der Waals surface area contributed by atoms with E-state index in [1.54, 1.807) is 0 Å². The molecule has 1 aliphatic rings. The van der Waals surface area contributed by atoms with Crippen molar-refractivity contribution < 1.29 is 19.4 Å². The number of aliphatic carboxylic acids is 1. The molecule has 122 valence electrons. The number of piperidine rings is 1. The van der Waals surface area contributed by atoms with Crippen LogP contribution in [0.3, 0.4) is 0 Å². The molecule has 1 fully saturated rings. The summed E-state index contributed by atoms with van der Waals surface area (Å²) in [5, 5.41) is 9.04. The Balaban J connectivity index is 0.00000242. The number of carboxylic acids is 1. The molecule has 0 aliphatic carbocycles. The van der Waals surface area contributed by atoms with E-state index >= 15 is 0 Å². The van der Waals surface area contributed by atoms with Crippen LogP contribution in [0.1, 0.15) is 24.8 Å². The zero-order chi connectivity index (χ0) is 15.2. The fraction of sp³-hybridized carbons (Fsp3) is 0.467. The molecule has 1 aromatic rings. The van der Waals surface area contributed by atoms with Gasteiger partial charge in [-0.3, -0.25) is 4.79 Å². The minimum atomic E-state index is -1.09. The first-order valence-corrected chi connectivity index (χ1v) is 7.05. The van der Waals surface area contributed by atoms with E-state index in [0.29, 0.717) is 13.0 Å². The van der Waals surface area contributed by atoms with E-state index in [0.717, 1.165) is 18.4 Å². The first-order valence-electron chi connectivity index (χ1n) is 7.05. The van der Waals surface area contributed by atoms with Crippen LogP contribution in [-0.4, -0.2) is 40.7 Å². The number of carbonyl (C=O) groups is 2. The van der Waals surface area contributed by atoms with Crippen molar-refractivity contribution in [3.05, 3.63) is 35.9 Å². The summed E-state index contributed by atoms with van der Waals surface area (Å²) in [6.45, 7) is 0.657. The van der Waals surface area contributed by atoms with Gasteiger partial charge in [0.15, 0.2) is 0 Å². The number of benzene rings is 1. The molecule has 0 radical (unpaired) electrons. The molecule has 1 saturated heterocycles. The number of rotatable bonds is 4. The Morgan fingerprint density at radius 1 is 1.32 bits per heavy atom. The summed E-state index contributed by atoms with van der Waals surface area (Å²) >= 11 is 0. The third-order valence-electron chi connectivity index (χ3n) is 3.69. The molecule has 2 rings (SSSR count). The number of amides is 1. The van der Waals surface area contributed by atoms with E-state index < -0.39 is 24.1 Å². The maximum atomic E-state index is 12.2. The highest BCUT2D eigenvalue weighted by molar-refractivity contribution is 5.85. The van der Waals surface area contributed by atoms with E-state index in [1.807, 2.05) is 30.3 Å². The van der Waals surface area contributed by atoms with Gasteiger partial charge in [0.05, 0.1) is 6.04 Å². The van der Waals surface area contributed by atoms with Gasteiger partial charge in [0.2, 0.25) is 0 Å². The smallest absolute Gasteiger partial charge is 0.410 e. The highest BCUT2D eigenvalue weighted by atomic mass is 35.5. The molecular weight excluding hydrogens is 308 g/mol. The van der Waals surface area contributed by atoms with E-state index in [1.165, 1.54) is 4.90 Å². The average molecular weight is 329 g/mol. The molecule has 1 heterocycles. The minimum absolute atomic E-state index is 0. The van der Waals surface area contributed by atoms with Crippen molar-refractivity contribution in [1.82, 2.24) is 4.90 Å². The SMILES string of the molecule is Cl.NC(C(=O)O)C1CCCCN1C(=O)OCc1ccccc1. The third-order valence-corrected chi connectivity index (χ3v) is 3.69. The molecule has 0 aromatic heterocycles. The minimum Gasteiger partial charge on any atom is -0.480 e. The zero-order valence-corrected chi connectivity index (χ0v) is 13.0. The second kappa shape index (κ2) is 8.60. The van der Waals surface area contributed by atoms with Crippen LogP contribution in [-0.2, 0) is 16.1 Å². The first kappa shape index (κ1) is 18.3. The molecule has 6 nitrogen and oxygen atoms in total. The second-order valence-electron chi connectivity index (χ2n) is 5.16. The van der Waals surface area contributed by atoms with E-state index in [9.17, 15) is 9.59 Å². The van der Waals surface area contributed by atoms with Gasteiger partial charge in [0.25, 0.3) is 0 Å². The number of carboxylic acid groups (broad SMARTS) is 1. The summed E-state index contributed by atoms with van der Waals surface area (Å²) in [5.74, 6) is -1.09. The molecule has 22 heavy (non-hydrogen) atoms. The van der Waals surface area contributed by atoms with E-state index in [-0.39, 0.29) is 19.0 Å². The molecule has 0 bridgehead atoms. The van der Waals surface area contributed by atoms with Gasteiger partial charge in [-0.2, -0.15) is 0 Å². The van der Waals surface area contributed by atoms with Crippen molar-refractivity contribution >= 4 is 24.5 Å². The van der Waals surface area contributed by atoms with Gasteiger partial charge in [0.1, 0.15) is 12.6 Å². The Hall–Kier alpha value is -1.79. The summed E-state index contributed by atoms with van der Waals surface area (Å²) in [6, 6.07) is 7.78. The fourth-order valence-corrected chi connectivity index (χ4v) is 2.52. The number of halogens is 1. The number of likely N-dealkylation sites (tertiary alicyclic amines) is 1. The molecule has 0 spiro atoms. The highest BCUT2D eigenvalue weighted by Gasteiger charge is 2.35. The van der Waals surface area contributed by atoms with Gasteiger partial charge in [-0.25, -0.2) is 4.79 Å². The molecular formula is C15H21ClN2O4. The lowest BCUT2D eigenvalue weighted by molar-refractivity contribution is -0.140. The summed E-state index contributed by atoms with van der Waals surface area (Å²) in [6.07, 6.45) is 1.80.